The summed E-state index contributed by atoms with van der Waals surface area (Å²) in [7, 11) is 0. The van der Waals surface area contributed by atoms with Crippen molar-refractivity contribution in [3.05, 3.63) is 54.1 Å². The number of hydrogen-bond acceptors (Lipinski definition) is 5. The molecule has 140 valence electrons. The highest BCUT2D eigenvalue weighted by Gasteiger charge is 2.30. The first-order chi connectivity index (χ1) is 12.9. The number of aryl methyl sites for hydroxylation is 1. The van der Waals surface area contributed by atoms with Gasteiger partial charge in [-0.2, -0.15) is 13.2 Å². The third-order valence-corrected chi connectivity index (χ3v) is 4.73. The van der Waals surface area contributed by atoms with Gasteiger partial charge in [-0.3, -0.25) is 4.98 Å². The van der Waals surface area contributed by atoms with Crippen LogP contribution in [0.4, 0.5) is 24.7 Å². The third-order valence-electron chi connectivity index (χ3n) is 4.73. The summed E-state index contributed by atoms with van der Waals surface area (Å²) in [6.07, 6.45) is -0.854. The van der Waals surface area contributed by atoms with E-state index in [1.807, 2.05) is 13.0 Å². The summed E-state index contributed by atoms with van der Waals surface area (Å²) >= 11 is 0. The van der Waals surface area contributed by atoms with Gasteiger partial charge in [0, 0.05) is 43.4 Å². The van der Waals surface area contributed by atoms with E-state index in [4.69, 9.17) is 0 Å². The number of benzene rings is 1. The Morgan fingerprint density at radius 1 is 0.889 bits per heavy atom. The molecule has 3 aromatic rings. The predicted molar refractivity (Wildman–Crippen MR) is 97.9 cm³/mol. The molecule has 0 bridgehead atoms. The molecule has 0 radical (unpaired) electrons. The summed E-state index contributed by atoms with van der Waals surface area (Å²) in [6.45, 7) is 4.74. The monoisotopic (exact) mass is 373 g/mol. The summed E-state index contributed by atoms with van der Waals surface area (Å²) in [5.41, 5.74) is 0.988. The highest BCUT2D eigenvalue weighted by Crippen LogP contribution is 2.31. The molecular formula is C19H18F3N5. The predicted octanol–water partition coefficient (Wildman–Crippen LogP) is 3.68. The van der Waals surface area contributed by atoms with Gasteiger partial charge in [0.05, 0.1) is 17.3 Å². The van der Waals surface area contributed by atoms with Gasteiger partial charge in [-0.15, -0.1) is 0 Å². The summed E-state index contributed by atoms with van der Waals surface area (Å²) in [4.78, 5) is 17.4. The number of fused-ring (bicyclic) bond motifs is 1. The van der Waals surface area contributed by atoms with Crippen LogP contribution in [0.5, 0.6) is 0 Å². The normalized spacial score (nSPS) is 15.4. The highest BCUT2D eigenvalue weighted by molar-refractivity contribution is 5.88. The fourth-order valence-electron chi connectivity index (χ4n) is 3.36. The average molecular weight is 373 g/mol. The Hall–Kier alpha value is -2.90. The fraction of sp³-hybridized carbons (Fsp3) is 0.316. The second-order valence-electron chi connectivity index (χ2n) is 6.51. The second kappa shape index (κ2) is 6.68. The van der Waals surface area contributed by atoms with Crippen LogP contribution in [0.2, 0.25) is 0 Å². The van der Waals surface area contributed by atoms with Gasteiger partial charge in [0.15, 0.2) is 0 Å². The summed E-state index contributed by atoms with van der Waals surface area (Å²) in [6, 6.07) is 7.25. The van der Waals surface area contributed by atoms with Crippen molar-refractivity contribution in [1.29, 1.82) is 0 Å². The Kier molecular flexibility index (Phi) is 4.33. The molecule has 1 fully saturated rings. The molecule has 0 saturated carbocycles. The summed E-state index contributed by atoms with van der Waals surface area (Å²) in [5, 5.41) is 0.957. The molecule has 4 rings (SSSR count). The van der Waals surface area contributed by atoms with Gasteiger partial charge in [0.2, 0.25) is 0 Å². The second-order valence-corrected chi connectivity index (χ2v) is 6.51. The zero-order valence-electron chi connectivity index (χ0n) is 14.7. The van der Waals surface area contributed by atoms with E-state index in [1.165, 1.54) is 12.1 Å². The molecule has 2 aromatic heterocycles. The summed E-state index contributed by atoms with van der Waals surface area (Å²) in [5.74, 6) is 1.57. The van der Waals surface area contributed by atoms with Crippen LogP contribution in [0.25, 0.3) is 10.9 Å². The number of hydrogen-bond donors (Lipinski definition) is 0. The van der Waals surface area contributed by atoms with Crippen molar-refractivity contribution in [1.82, 2.24) is 15.0 Å². The van der Waals surface area contributed by atoms with Gasteiger partial charge in [0.25, 0.3) is 0 Å². The van der Waals surface area contributed by atoms with Crippen molar-refractivity contribution < 1.29 is 13.2 Å². The highest BCUT2D eigenvalue weighted by atomic mass is 19.4. The van der Waals surface area contributed by atoms with Crippen LogP contribution in [-0.4, -0.2) is 41.1 Å². The molecule has 27 heavy (non-hydrogen) atoms. The van der Waals surface area contributed by atoms with E-state index in [1.54, 1.807) is 12.4 Å². The molecule has 1 aliphatic heterocycles. The van der Waals surface area contributed by atoms with E-state index in [0.29, 0.717) is 18.9 Å². The molecule has 0 amide bonds. The standard InChI is InChI=1S/C19H18F3N5/c1-13-24-17-12-23-7-6-16(17)18(25-13)27-10-8-26(9-11-27)15-4-2-14(3-5-15)19(20,21)22/h2-7,12H,8-11H2,1H3. The molecule has 3 heterocycles. The molecular weight excluding hydrogens is 355 g/mol. The Morgan fingerprint density at radius 3 is 2.22 bits per heavy atom. The largest absolute Gasteiger partial charge is 0.416 e. The number of aromatic nitrogens is 3. The van der Waals surface area contributed by atoms with Gasteiger partial charge in [-0.25, -0.2) is 9.97 Å². The number of nitrogens with zero attached hydrogens (tertiary/aromatic N) is 5. The van der Waals surface area contributed by atoms with Gasteiger partial charge in [-0.05, 0) is 37.3 Å². The first-order valence-electron chi connectivity index (χ1n) is 8.67. The van der Waals surface area contributed by atoms with Crippen molar-refractivity contribution >= 4 is 22.4 Å². The number of alkyl halides is 3. The van der Waals surface area contributed by atoms with E-state index < -0.39 is 11.7 Å². The number of anilines is 2. The quantitative estimate of drug-likeness (QED) is 0.686. The number of piperazine rings is 1. The van der Waals surface area contributed by atoms with Crippen LogP contribution >= 0.6 is 0 Å². The lowest BCUT2D eigenvalue weighted by Gasteiger charge is -2.37. The van der Waals surface area contributed by atoms with E-state index in [2.05, 4.69) is 24.8 Å². The first-order valence-corrected chi connectivity index (χ1v) is 8.67. The SMILES string of the molecule is Cc1nc(N2CCN(c3ccc(C(F)(F)F)cc3)CC2)c2ccncc2n1. The van der Waals surface area contributed by atoms with Gasteiger partial charge >= 0.3 is 6.18 Å². The minimum absolute atomic E-state index is 0.624. The van der Waals surface area contributed by atoms with Crippen LogP contribution in [-0.2, 0) is 6.18 Å². The molecule has 0 N–H and O–H groups in total. The molecule has 8 heteroatoms. The minimum Gasteiger partial charge on any atom is -0.368 e. The van der Waals surface area contributed by atoms with Crippen molar-refractivity contribution in [2.24, 2.45) is 0 Å². The molecule has 0 unspecified atom stereocenters. The lowest BCUT2D eigenvalue weighted by Crippen LogP contribution is -2.47. The maximum absolute atomic E-state index is 12.7. The van der Waals surface area contributed by atoms with Crippen molar-refractivity contribution in [3.63, 3.8) is 0 Å². The van der Waals surface area contributed by atoms with Crippen LogP contribution in [0.3, 0.4) is 0 Å². The van der Waals surface area contributed by atoms with Crippen molar-refractivity contribution in [3.8, 4) is 0 Å². The molecule has 0 aliphatic carbocycles. The van der Waals surface area contributed by atoms with Gasteiger partial charge in [-0.1, -0.05) is 0 Å². The Balaban J connectivity index is 1.51. The molecule has 1 aromatic carbocycles. The van der Waals surface area contributed by atoms with Crippen molar-refractivity contribution in [2.45, 2.75) is 13.1 Å². The Bertz CT molecular complexity index is 948. The van der Waals surface area contributed by atoms with Crippen LogP contribution < -0.4 is 9.80 Å². The molecule has 0 spiro atoms. The smallest absolute Gasteiger partial charge is 0.368 e. The summed E-state index contributed by atoms with van der Waals surface area (Å²) < 4.78 is 38.2. The molecule has 1 saturated heterocycles. The zero-order valence-corrected chi connectivity index (χ0v) is 14.7. The van der Waals surface area contributed by atoms with Crippen LogP contribution in [0.1, 0.15) is 11.4 Å². The minimum atomic E-state index is -4.31. The Labute approximate surface area is 154 Å². The third kappa shape index (κ3) is 3.51. The van der Waals surface area contributed by atoms with Gasteiger partial charge in [0.1, 0.15) is 11.6 Å². The molecule has 5 nitrogen and oxygen atoms in total. The van der Waals surface area contributed by atoms with E-state index in [9.17, 15) is 13.2 Å². The lowest BCUT2D eigenvalue weighted by atomic mass is 10.1. The van der Waals surface area contributed by atoms with E-state index in [0.717, 1.165) is 47.6 Å². The number of rotatable bonds is 2. The van der Waals surface area contributed by atoms with Crippen molar-refractivity contribution in [2.75, 3.05) is 36.0 Å². The number of pyridine rings is 1. The maximum atomic E-state index is 12.7. The zero-order chi connectivity index (χ0) is 19.0. The average Bonchev–Trinajstić information content (AvgIpc) is 2.67. The molecule has 0 atom stereocenters. The maximum Gasteiger partial charge on any atom is 0.416 e. The van der Waals surface area contributed by atoms with Crippen LogP contribution in [0.15, 0.2) is 42.7 Å². The first kappa shape index (κ1) is 17.5. The topological polar surface area (TPSA) is 45.2 Å². The van der Waals surface area contributed by atoms with E-state index >= 15 is 0 Å². The number of halogens is 3. The van der Waals surface area contributed by atoms with Gasteiger partial charge < -0.3 is 9.80 Å². The lowest BCUT2D eigenvalue weighted by molar-refractivity contribution is -0.137. The van der Waals surface area contributed by atoms with Crippen LogP contribution in [0, 0.1) is 6.92 Å². The van der Waals surface area contributed by atoms with E-state index in [-0.39, 0.29) is 0 Å². The molecule has 1 aliphatic rings. The fourth-order valence-corrected chi connectivity index (χ4v) is 3.36. The Morgan fingerprint density at radius 2 is 1.56 bits per heavy atom.